The van der Waals surface area contributed by atoms with E-state index in [2.05, 4.69) is 38.1 Å². The number of nitrogens with one attached hydrogen (secondary N) is 2. The zero-order valence-corrected chi connectivity index (χ0v) is 11.7. The fourth-order valence-corrected chi connectivity index (χ4v) is 2.14. The zero-order chi connectivity index (χ0) is 13.0. The first-order valence-corrected chi connectivity index (χ1v) is 6.61. The standard InChI is InChI=1S/C13H15BrFN3/c1-9(10-2-3-13(15)12(14)6-10)17-5-4-11-7-16-8-18-11/h2-3,6-9,17H,4-5H2,1H3,(H,16,18). The number of H-pyrrole nitrogens is 1. The minimum absolute atomic E-state index is 0.185. The molecule has 0 spiro atoms. The van der Waals surface area contributed by atoms with Gasteiger partial charge in [0.25, 0.3) is 0 Å². The van der Waals surface area contributed by atoms with Crippen molar-refractivity contribution >= 4 is 15.9 Å². The van der Waals surface area contributed by atoms with Gasteiger partial charge in [0.2, 0.25) is 0 Å². The normalized spacial score (nSPS) is 12.6. The number of benzene rings is 1. The van der Waals surface area contributed by atoms with E-state index in [9.17, 15) is 4.39 Å². The smallest absolute Gasteiger partial charge is 0.137 e. The van der Waals surface area contributed by atoms with Crippen LogP contribution in [0.25, 0.3) is 0 Å². The number of imidazole rings is 1. The lowest BCUT2D eigenvalue weighted by Gasteiger charge is -2.14. The van der Waals surface area contributed by atoms with Crippen molar-refractivity contribution in [2.75, 3.05) is 6.54 Å². The van der Waals surface area contributed by atoms with Crippen LogP contribution in [0.15, 0.2) is 35.2 Å². The second kappa shape index (κ2) is 6.11. The molecule has 0 aliphatic heterocycles. The number of nitrogens with zero attached hydrogens (tertiary/aromatic N) is 1. The SMILES string of the molecule is CC(NCCc1cnc[nH]1)c1ccc(F)c(Br)c1. The van der Waals surface area contributed by atoms with Gasteiger partial charge in [-0.05, 0) is 40.5 Å². The Balaban J connectivity index is 1.87. The summed E-state index contributed by atoms with van der Waals surface area (Å²) in [7, 11) is 0. The molecule has 0 fully saturated rings. The predicted molar refractivity (Wildman–Crippen MR) is 72.8 cm³/mol. The van der Waals surface area contributed by atoms with Gasteiger partial charge in [0.05, 0.1) is 10.8 Å². The summed E-state index contributed by atoms with van der Waals surface area (Å²) < 4.78 is 13.6. The van der Waals surface area contributed by atoms with E-state index in [-0.39, 0.29) is 11.9 Å². The van der Waals surface area contributed by atoms with E-state index in [0.717, 1.165) is 24.2 Å². The van der Waals surface area contributed by atoms with Gasteiger partial charge in [0.1, 0.15) is 5.82 Å². The van der Waals surface area contributed by atoms with Crippen molar-refractivity contribution < 1.29 is 4.39 Å². The van der Waals surface area contributed by atoms with Crippen molar-refractivity contribution in [2.24, 2.45) is 0 Å². The average Bonchev–Trinajstić information content (AvgIpc) is 2.85. The Hall–Kier alpha value is -1.20. The number of hydrogen-bond donors (Lipinski definition) is 2. The molecule has 0 saturated carbocycles. The van der Waals surface area contributed by atoms with E-state index in [1.54, 1.807) is 12.4 Å². The topological polar surface area (TPSA) is 40.7 Å². The Morgan fingerprint density at radius 3 is 3.00 bits per heavy atom. The quantitative estimate of drug-likeness (QED) is 0.890. The van der Waals surface area contributed by atoms with Crippen molar-refractivity contribution in [3.05, 3.63) is 52.3 Å². The Morgan fingerprint density at radius 2 is 2.33 bits per heavy atom. The molecule has 2 N–H and O–H groups in total. The molecule has 2 rings (SSSR count). The Kier molecular flexibility index (Phi) is 4.49. The van der Waals surface area contributed by atoms with Crippen LogP contribution in [-0.2, 0) is 6.42 Å². The molecular formula is C13H15BrFN3. The molecule has 5 heteroatoms. The van der Waals surface area contributed by atoms with Crippen LogP contribution in [0.4, 0.5) is 4.39 Å². The lowest BCUT2D eigenvalue weighted by Crippen LogP contribution is -2.21. The van der Waals surface area contributed by atoms with Gasteiger partial charge in [-0.25, -0.2) is 9.37 Å². The molecule has 0 aliphatic carbocycles. The zero-order valence-electron chi connectivity index (χ0n) is 10.1. The van der Waals surface area contributed by atoms with Gasteiger partial charge < -0.3 is 10.3 Å². The highest BCUT2D eigenvalue weighted by Crippen LogP contribution is 2.21. The lowest BCUT2D eigenvalue weighted by atomic mass is 10.1. The van der Waals surface area contributed by atoms with Crippen molar-refractivity contribution in [1.82, 2.24) is 15.3 Å². The van der Waals surface area contributed by atoms with Gasteiger partial charge in [-0.1, -0.05) is 6.07 Å². The summed E-state index contributed by atoms with van der Waals surface area (Å²) in [6, 6.07) is 5.27. The van der Waals surface area contributed by atoms with Crippen LogP contribution in [0.1, 0.15) is 24.2 Å². The fourth-order valence-electron chi connectivity index (χ4n) is 1.74. The molecule has 1 unspecified atom stereocenters. The van der Waals surface area contributed by atoms with Crippen LogP contribution >= 0.6 is 15.9 Å². The number of rotatable bonds is 5. The molecule has 3 nitrogen and oxygen atoms in total. The first-order chi connectivity index (χ1) is 8.66. The summed E-state index contributed by atoms with van der Waals surface area (Å²) in [5.74, 6) is -0.233. The molecule has 1 aromatic carbocycles. The number of aromatic amines is 1. The van der Waals surface area contributed by atoms with E-state index in [0.29, 0.717) is 4.47 Å². The van der Waals surface area contributed by atoms with E-state index < -0.39 is 0 Å². The van der Waals surface area contributed by atoms with Crippen molar-refractivity contribution in [3.8, 4) is 0 Å². The molecule has 1 aromatic heterocycles. The third-order valence-electron chi connectivity index (χ3n) is 2.84. The molecule has 0 saturated heterocycles. The van der Waals surface area contributed by atoms with Crippen LogP contribution < -0.4 is 5.32 Å². The highest BCUT2D eigenvalue weighted by molar-refractivity contribution is 9.10. The van der Waals surface area contributed by atoms with Crippen LogP contribution in [0.5, 0.6) is 0 Å². The van der Waals surface area contributed by atoms with Crippen molar-refractivity contribution in [3.63, 3.8) is 0 Å². The highest BCUT2D eigenvalue weighted by atomic mass is 79.9. The minimum Gasteiger partial charge on any atom is -0.348 e. The maximum atomic E-state index is 13.1. The highest BCUT2D eigenvalue weighted by Gasteiger charge is 2.07. The van der Waals surface area contributed by atoms with Gasteiger partial charge in [-0.15, -0.1) is 0 Å². The summed E-state index contributed by atoms with van der Waals surface area (Å²) >= 11 is 3.20. The third kappa shape index (κ3) is 3.40. The number of hydrogen-bond acceptors (Lipinski definition) is 2. The Labute approximate surface area is 114 Å². The maximum Gasteiger partial charge on any atom is 0.137 e. The summed E-state index contributed by atoms with van der Waals surface area (Å²) in [4.78, 5) is 7.03. The van der Waals surface area contributed by atoms with E-state index in [4.69, 9.17) is 0 Å². The van der Waals surface area contributed by atoms with E-state index in [1.165, 1.54) is 6.07 Å². The Morgan fingerprint density at radius 1 is 1.50 bits per heavy atom. The molecule has 1 atom stereocenters. The van der Waals surface area contributed by atoms with Crippen LogP contribution in [-0.4, -0.2) is 16.5 Å². The van der Waals surface area contributed by atoms with Crippen molar-refractivity contribution in [2.45, 2.75) is 19.4 Å². The van der Waals surface area contributed by atoms with Gasteiger partial charge >= 0.3 is 0 Å². The number of aromatic nitrogens is 2. The van der Waals surface area contributed by atoms with E-state index in [1.807, 2.05) is 12.3 Å². The first kappa shape index (κ1) is 13.2. The first-order valence-electron chi connectivity index (χ1n) is 5.82. The average molecular weight is 312 g/mol. The molecule has 0 bridgehead atoms. The maximum absolute atomic E-state index is 13.1. The monoisotopic (exact) mass is 311 g/mol. The fraction of sp³-hybridized carbons (Fsp3) is 0.308. The molecule has 18 heavy (non-hydrogen) atoms. The molecule has 0 aliphatic rings. The summed E-state index contributed by atoms with van der Waals surface area (Å²) in [6.07, 6.45) is 4.39. The minimum atomic E-state index is -0.233. The van der Waals surface area contributed by atoms with Gasteiger partial charge in [-0.3, -0.25) is 0 Å². The van der Waals surface area contributed by atoms with Crippen molar-refractivity contribution in [1.29, 1.82) is 0 Å². The largest absolute Gasteiger partial charge is 0.348 e. The van der Waals surface area contributed by atoms with E-state index >= 15 is 0 Å². The molecule has 96 valence electrons. The predicted octanol–water partition coefficient (Wildman–Crippen LogP) is 3.20. The molecule has 0 radical (unpaired) electrons. The second-order valence-electron chi connectivity index (χ2n) is 4.18. The summed E-state index contributed by atoms with van der Waals surface area (Å²) in [6.45, 7) is 2.91. The van der Waals surface area contributed by atoms with Gasteiger partial charge in [-0.2, -0.15) is 0 Å². The third-order valence-corrected chi connectivity index (χ3v) is 3.45. The molecule has 0 amide bonds. The second-order valence-corrected chi connectivity index (χ2v) is 5.03. The van der Waals surface area contributed by atoms with Gasteiger partial charge in [0.15, 0.2) is 0 Å². The summed E-state index contributed by atoms with van der Waals surface area (Å²) in [5, 5.41) is 3.39. The van der Waals surface area contributed by atoms with Gasteiger partial charge in [0, 0.05) is 30.9 Å². The lowest BCUT2D eigenvalue weighted by molar-refractivity contribution is 0.570. The Bertz CT molecular complexity index is 499. The van der Waals surface area contributed by atoms with Crippen LogP contribution in [0, 0.1) is 5.82 Å². The molecule has 2 aromatic rings. The molecular weight excluding hydrogens is 297 g/mol. The van der Waals surface area contributed by atoms with Crippen LogP contribution in [0.3, 0.4) is 0 Å². The molecule has 1 heterocycles. The summed E-state index contributed by atoms with van der Waals surface area (Å²) in [5.41, 5.74) is 2.17. The van der Waals surface area contributed by atoms with Crippen LogP contribution in [0.2, 0.25) is 0 Å². The number of halogens is 2.